The van der Waals surface area contributed by atoms with Crippen molar-refractivity contribution in [2.24, 2.45) is 0 Å². The Morgan fingerprint density at radius 1 is 1.31 bits per heavy atom. The Kier molecular flexibility index (Phi) is 3.07. The van der Waals surface area contributed by atoms with E-state index in [9.17, 15) is 5.11 Å². The Labute approximate surface area is 79.2 Å². The van der Waals surface area contributed by atoms with Crippen LogP contribution in [0.25, 0.3) is 0 Å². The van der Waals surface area contributed by atoms with Gasteiger partial charge in [0, 0.05) is 7.11 Å². The topological polar surface area (TPSA) is 29.5 Å². The van der Waals surface area contributed by atoms with E-state index in [1.54, 1.807) is 21.0 Å². The second-order valence-electron chi connectivity index (χ2n) is 3.65. The predicted molar refractivity (Wildman–Crippen MR) is 52.4 cm³/mol. The summed E-state index contributed by atoms with van der Waals surface area (Å²) in [6.45, 7) is 4.10. The molecule has 1 aromatic rings. The molecule has 0 unspecified atom stereocenters. The van der Waals surface area contributed by atoms with Gasteiger partial charge in [0.25, 0.3) is 0 Å². The van der Waals surface area contributed by atoms with E-state index >= 15 is 0 Å². The third-order valence-electron chi connectivity index (χ3n) is 1.98. The molecule has 1 aromatic carbocycles. The fraction of sp³-hybridized carbons (Fsp3) is 0.455. The summed E-state index contributed by atoms with van der Waals surface area (Å²) in [5, 5.41) is 9.84. The minimum Gasteiger partial charge on any atom is -0.386 e. The van der Waals surface area contributed by atoms with Crippen molar-refractivity contribution < 1.29 is 9.84 Å². The molecule has 0 aliphatic carbocycles. The number of aliphatic hydroxyl groups is 1. The van der Waals surface area contributed by atoms with Gasteiger partial charge >= 0.3 is 0 Å². The van der Waals surface area contributed by atoms with E-state index in [-0.39, 0.29) is 0 Å². The van der Waals surface area contributed by atoms with Crippen LogP contribution < -0.4 is 0 Å². The molecule has 0 amide bonds. The van der Waals surface area contributed by atoms with Crippen molar-refractivity contribution >= 4 is 0 Å². The van der Waals surface area contributed by atoms with Crippen molar-refractivity contribution in [1.29, 1.82) is 0 Å². The Hall–Kier alpha value is -0.860. The van der Waals surface area contributed by atoms with Gasteiger partial charge in [0.2, 0.25) is 0 Å². The summed E-state index contributed by atoms with van der Waals surface area (Å²) in [6, 6.07) is 7.77. The first kappa shape index (κ1) is 10.2. The number of ether oxygens (including phenoxy) is 1. The predicted octanol–water partition coefficient (Wildman–Crippen LogP) is 2.06. The van der Waals surface area contributed by atoms with Crippen LogP contribution in [0.15, 0.2) is 24.3 Å². The molecule has 0 heterocycles. The van der Waals surface area contributed by atoms with Crippen LogP contribution in [0.3, 0.4) is 0 Å². The van der Waals surface area contributed by atoms with E-state index in [2.05, 4.69) is 0 Å². The van der Waals surface area contributed by atoms with E-state index in [1.165, 1.54) is 0 Å². The monoisotopic (exact) mass is 180 g/mol. The van der Waals surface area contributed by atoms with Crippen LogP contribution in [-0.4, -0.2) is 12.2 Å². The average molecular weight is 180 g/mol. The molecular formula is C11H16O2. The highest BCUT2D eigenvalue weighted by atomic mass is 16.5. The highest BCUT2D eigenvalue weighted by molar-refractivity contribution is 5.30. The van der Waals surface area contributed by atoms with Crippen molar-refractivity contribution in [3.05, 3.63) is 35.4 Å². The summed E-state index contributed by atoms with van der Waals surface area (Å²) in [5.41, 5.74) is 1.17. The number of hydrogen-bond acceptors (Lipinski definition) is 2. The Morgan fingerprint density at radius 3 is 2.46 bits per heavy atom. The highest BCUT2D eigenvalue weighted by Gasteiger charge is 2.18. The molecule has 0 saturated carbocycles. The third-order valence-corrected chi connectivity index (χ3v) is 1.98. The zero-order chi connectivity index (χ0) is 9.90. The quantitative estimate of drug-likeness (QED) is 0.771. The van der Waals surface area contributed by atoms with Gasteiger partial charge in [-0.1, -0.05) is 24.3 Å². The summed E-state index contributed by atoms with van der Waals surface area (Å²) in [5.74, 6) is 0. The summed E-state index contributed by atoms with van der Waals surface area (Å²) in [4.78, 5) is 0. The van der Waals surface area contributed by atoms with E-state index in [1.807, 2.05) is 24.3 Å². The molecule has 1 rings (SSSR count). The van der Waals surface area contributed by atoms with Gasteiger partial charge in [0.15, 0.2) is 0 Å². The normalized spacial score (nSPS) is 11.7. The van der Waals surface area contributed by atoms with Gasteiger partial charge in [-0.25, -0.2) is 0 Å². The Morgan fingerprint density at radius 2 is 1.92 bits per heavy atom. The molecule has 2 nitrogen and oxygen atoms in total. The van der Waals surface area contributed by atoms with Crippen molar-refractivity contribution in [2.75, 3.05) is 7.11 Å². The zero-order valence-electron chi connectivity index (χ0n) is 8.37. The second-order valence-corrected chi connectivity index (χ2v) is 3.65. The molecule has 0 radical (unpaired) electrons. The van der Waals surface area contributed by atoms with Crippen LogP contribution in [0.2, 0.25) is 0 Å². The van der Waals surface area contributed by atoms with Crippen molar-refractivity contribution in [3.63, 3.8) is 0 Å². The first-order valence-corrected chi connectivity index (χ1v) is 4.35. The molecule has 13 heavy (non-hydrogen) atoms. The molecule has 0 atom stereocenters. The summed E-state index contributed by atoms with van der Waals surface area (Å²) in [7, 11) is 1.65. The smallest absolute Gasteiger partial charge is 0.0844 e. The van der Waals surface area contributed by atoms with E-state index in [4.69, 9.17) is 4.74 Å². The van der Waals surface area contributed by atoms with Crippen molar-refractivity contribution in [3.8, 4) is 0 Å². The fourth-order valence-corrected chi connectivity index (χ4v) is 1.40. The number of benzene rings is 1. The van der Waals surface area contributed by atoms with Crippen LogP contribution in [-0.2, 0) is 16.9 Å². The molecule has 0 aliphatic rings. The number of hydrogen-bond donors (Lipinski definition) is 1. The lowest BCUT2D eigenvalue weighted by Crippen LogP contribution is -2.18. The van der Waals surface area contributed by atoms with Gasteiger partial charge < -0.3 is 9.84 Å². The van der Waals surface area contributed by atoms with E-state index in [0.29, 0.717) is 6.61 Å². The lowest BCUT2D eigenvalue weighted by Gasteiger charge is -2.21. The molecule has 0 bridgehead atoms. The maximum Gasteiger partial charge on any atom is 0.0844 e. The van der Waals surface area contributed by atoms with E-state index in [0.717, 1.165) is 11.1 Å². The first-order valence-electron chi connectivity index (χ1n) is 4.35. The van der Waals surface area contributed by atoms with Gasteiger partial charge in [-0.3, -0.25) is 0 Å². The van der Waals surface area contributed by atoms with Crippen LogP contribution in [0.5, 0.6) is 0 Å². The third kappa shape index (κ3) is 2.54. The molecule has 1 N–H and O–H groups in total. The maximum absolute atomic E-state index is 9.84. The van der Waals surface area contributed by atoms with Crippen LogP contribution >= 0.6 is 0 Å². The molecule has 0 saturated heterocycles. The largest absolute Gasteiger partial charge is 0.386 e. The van der Waals surface area contributed by atoms with Crippen LogP contribution in [0, 0.1) is 0 Å². The summed E-state index contributed by atoms with van der Waals surface area (Å²) in [6.07, 6.45) is 0. The fourth-order valence-electron chi connectivity index (χ4n) is 1.40. The van der Waals surface area contributed by atoms with Crippen LogP contribution in [0.4, 0.5) is 0 Å². The highest BCUT2D eigenvalue weighted by Crippen LogP contribution is 2.23. The van der Waals surface area contributed by atoms with E-state index < -0.39 is 5.60 Å². The van der Waals surface area contributed by atoms with Gasteiger partial charge in [-0.05, 0) is 25.0 Å². The molecule has 72 valence electrons. The molecule has 2 heteroatoms. The van der Waals surface area contributed by atoms with Crippen molar-refractivity contribution in [2.45, 2.75) is 26.1 Å². The lowest BCUT2D eigenvalue weighted by atomic mass is 9.94. The molecule has 0 aromatic heterocycles. The molecule has 0 spiro atoms. The van der Waals surface area contributed by atoms with Gasteiger partial charge in [-0.15, -0.1) is 0 Å². The van der Waals surface area contributed by atoms with Gasteiger partial charge in [-0.2, -0.15) is 0 Å². The second kappa shape index (κ2) is 3.90. The SMILES string of the molecule is COCc1ccccc1C(C)(C)O. The molecule has 0 fully saturated rings. The summed E-state index contributed by atoms with van der Waals surface area (Å²) < 4.78 is 5.05. The van der Waals surface area contributed by atoms with Crippen LogP contribution in [0.1, 0.15) is 25.0 Å². The number of methoxy groups -OCH3 is 1. The standard InChI is InChI=1S/C11H16O2/c1-11(2,12)10-7-5-4-6-9(10)8-13-3/h4-7,12H,8H2,1-3H3. The first-order chi connectivity index (χ1) is 6.05. The van der Waals surface area contributed by atoms with Gasteiger partial charge in [0.05, 0.1) is 12.2 Å². The average Bonchev–Trinajstić information content (AvgIpc) is 2.04. The molecular weight excluding hydrogens is 164 g/mol. The summed E-state index contributed by atoms with van der Waals surface area (Å²) >= 11 is 0. The van der Waals surface area contributed by atoms with Gasteiger partial charge in [0.1, 0.15) is 0 Å². The Balaban J connectivity index is 3.05. The minimum absolute atomic E-state index is 0.542. The lowest BCUT2D eigenvalue weighted by molar-refractivity contribution is 0.0747. The maximum atomic E-state index is 9.84. The Bertz CT molecular complexity index is 274. The van der Waals surface area contributed by atoms with Crippen molar-refractivity contribution in [1.82, 2.24) is 0 Å². The zero-order valence-corrected chi connectivity index (χ0v) is 8.37. The molecule has 0 aliphatic heterocycles. The number of rotatable bonds is 3. The minimum atomic E-state index is -0.797.